The number of aliphatic hydroxyl groups is 2. The SMILES string of the molecule is NC1=N[C@@H]2[C@H](COC(=O)NS(=O)(=O)O)N=C(N)N3CCC(O)(O)[C@]23N1. The molecule has 0 bridgehead atoms. The Morgan fingerprint density at radius 2 is 2.12 bits per heavy atom. The van der Waals surface area contributed by atoms with Gasteiger partial charge in [-0.3, -0.25) is 4.55 Å². The average Bonchev–Trinajstić information content (AvgIpc) is 2.93. The van der Waals surface area contributed by atoms with E-state index < -0.39 is 46.5 Å². The highest BCUT2D eigenvalue weighted by Gasteiger charge is 2.69. The van der Waals surface area contributed by atoms with Crippen LogP contribution in [0.2, 0.25) is 0 Å². The Labute approximate surface area is 141 Å². The number of carbonyl (C=O) groups is 1. The van der Waals surface area contributed by atoms with Crippen LogP contribution in [0.4, 0.5) is 4.79 Å². The van der Waals surface area contributed by atoms with Crippen molar-refractivity contribution in [3.63, 3.8) is 0 Å². The van der Waals surface area contributed by atoms with Crippen molar-refractivity contribution in [1.29, 1.82) is 0 Å². The topological polar surface area (TPSA) is 225 Å². The summed E-state index contributed by atoms with van der Waals surface area (Å²) in [6.07, 6.45) is -1.51. The number of nitrogens with one attached hydrogen (secondary N) is 2. The Balaban J connectivity index is 1.85. The summed E-state index contributed by atoms with van der Waals surface area (Å²) < 4.78 is 35.6. The molecule has 0 aromatic rings. The monoisotopic (exact) mass is 379 g/mol. The van der Waals surface area contributed by atoms with Crippen LogP contribution in [-0.2, 0) is 15.0 Å². The fourth-order valence-corrected chi connectivity index (χ4v) is 3.62. The van der Waals surface area contributed by atoms with Crippen LogP contribution >= 0.6 is 0 Å². The third-order valence-corrected chi connectivity index (χ3v) is 4.71. The second-order valence-electron chi connectivity index (χ2n) is 5.80. The fraction of sp³-hybridized carbons (Fsp3) is 0.700. The summed E-state index contributed by atoms with van der Waals surface area (Å²) in [7, 11) is -4.78. The highest BCUT2D eigenvalue weighted by Crippen LogP contribution is 2.44. The van der Waals surface area contributed by atoms with Crippen molar-refractivity contribution < 1.29 is 32.7 Å². The summed E-state index contributed by atoms with van der Waals surface area (Å²) in [5, 5.41) is 23.5. The van der Waals surface area contributed by atoms with Gasteiger partial charge in [-0.1, -0.05) is 0 Å². The number of amides is 1. The van der Waals surface area contributed by atoms with Crippen molar-refractivity contribution in [3.8, 4) is 0 Å². The molecule has 9 N–H and O–H groups in total. The van der Waals surface area contributed by atoms with Crippen molar-refractivity contribution >= 4 is 28.3 Å². The van der Waals surface area contributed by atoms with Crippen molar-refractivity contribution in [2.75, 3.05) is 13.2 Å². The summed E-state index contributed by atoms with van der Waals surface area (Å²) in [5.41, 5.74) is 9.96. The normalized spacial score (nSPS) is 32.8. The second-order valence-corrected chi connectivity index (χ2v) is 6.95. The van der Waals surface area contributed by atoms with Crippen LogP contribution in [-0.4, -0.2) is 82.8 Å². The minimum absolute atomic E-state index is 0.0533. The maximum atomic E-state index is 11.4. The summed E-state index contributed by atoms with van der Waals surface area (Å²) in [6.45, 7) is -0.331. The van der Waals surface area contributed by atoms with E-state index >= 15 is 0 Å². The molecule has 0 aromatic carbocycles. The molecule has 25 heavy (non-hydrogen) atoms. The largest absolute Gasteiger partial charge is 0.446 e. The number of nitrogens with zero attached hydrogens (tertiary/aromatic N) is 3. The lowest BCUT2D eigenvalue weighted by Gasteiger charge is -2.48. The highest BCUT2D eigenvalue weighted by atomic mass is 32.2. The molecule has 0 saturated carbocycles. The predicted octanol–water partition coefficient (Wildman–Crippen LogP) is -4.42. The van der Waals surface area contributed by atoms with Gasteiger partial charge in [-0.25, -0.2) is 14.8 Å². The standard InChI is InChI=1S/C10H17N7O7S/c11-6-14-5-4(3-24-8(18)16-25(21,22)23)13-7(12)17-2-1-9(19,20)10(5,17)15-6/h4-5,19-20H,1-3H2,(H2,12,13)(H,16,18)(H3,11,14,15)(H,21,22,23)/t4-,5+,10-/m0/s1. The molecule has 1 fully saturated rings. The van der Waals surface area contributed by atoms with Crippen molar-refractivity contribution in [2.24, 2.45) is 21.5 Å². The molecule has 1 amide bonds. The van der Waals surface area contributed by atoms with Crippen LogP contribution in [0.3, 0.4) is 0 Å². The zero-order valence-electron chi connectivity index (χ0n) is 12.7. The number of hydrogen-bond acceptors (Lipinski definition) is 12. The molecular weight excluding hydrogens is 362 g/mol. The van der Waals surface area contributed by atoms with E-state index in [0.29, 0.717) is 0 Å². The first kappa shape index (κ1) is 17.5. The zero-order chi connectivity index (χ0) is 18.6. The molecule has 1 spiro atoms. The summed E-state index contributed by atoms with van der Waals surface area (Å²) in [6, 6.07) is -1.95. The van der Waals surface area contributed by atoms with Gasteiger partial charge in [0.25, 0.3) is 0 Å². The highest BCUT2D eigenvalue weighted by molar-refractivity contribution is 7.84. The lowest BCUT2D eigenvalue weighted by Crippen LogP contribution is -2.76. The summed E-state index contributed by atoms with van der Waals surface area (Å²) in [4.78, 5) is 21.0. The Morgan fingerprint density at radius 1 is 1.44 bits per heavy atom. The predicted molar refractivity (Wildman–Crippen MR) is 81.2 cm³/mol. The lowest BCUT2D eigenvalue weighted by molar-refractivity contribution is -0.221. The van der Waals surface area contributed by atoms with E-state index in [0.717, 1.165) is 0 Å². The first-order valence-electron chi connectivity index (χ1n) is 7.05. The van der Waals surface area contributed by atoms with E-state index in [-0.39, 0.29) is 24.9 Å². The summed E-state index contributed by atoms with van der Waals surface area (Å²) >= 11 is 0. The molecular formula is C10H17N7O7S. The van der Waals surface area contributed by atoms with E-state index in [2.05, 4.69) is 15.3 Å². The number of hydrogen-bond donors (Lipinski definition) is 7. The molecule has 15 heteroatoms. The van der Waals surface area contributed by atoms with Crippen LogP contribution in [0.15, 0.2) is 9.98 Å². The van der Waals surface area contributed by atoms with E-state index in [1.54, 1.807) is 0 Å². The lowest BCUT2D eigenvalue weighted by atomic mass is 9.87. The van der Waals surface area contributed by atoms with Crippen LogP contribution in [0.1, 0.15) is 6.42 Å². The van der Waals surface area contributed by atoms with E-state index in [9.17, 15) is 23.4 Å². The molecule has 3 aliphatic rings. The number of ether oxygens (including phenoxy) is 1. The maximum Gasteiger partial charge on any atom is 0.422 e. The average molecular weight is 379 g/mol. The fourth-order valence-electron chi connectivity index (χ4n) is 3.35. The van der Waals surface area contributed by atoms with Gasteiger partial charge < -0.3 is 36.6 Å². The Hall–Kier alpha value is -2.36. The van der Waals surface area contributed by atoms with Gasteiger partial charge in [-0.05, 0) is 0 Å². The third kappa shape index (κ3) is 2.70. The number of nitrogens with two attached hydrogens (primary N) is 2. The Bertz CT molecular complexity index is 766. The van der Waals surface area contributed by atoms with E-state index in [1.165, 1.54) is 9.62 Å². The van der Waals surface area contributed by atoms with Crippen molar-refractivity contribution in [3.05, 3.63) is 0 Å². The van der Waals surface area contributed by atoms with Gasteiger partial charge in [0.05, 0.1) is 0 Å². The Morgan fingerprint density at radius 3 is 2.76 bits per heavy atom. The van der Waals surface area contributed by atoms with Crippen molar-refractivity contribution in [1.82, 2.24) is 14.9 Å². The molecule has 3 atom stereocenters. The number of guanidine groups is 2. The van der Waals surface area contributed by atoms with Gasteiger partial charge in [-0.15, -0.1) is 0 Å². The molecule has 1 saturated heterocycles. The van der Waals surface area contributed by atoms with Crippen LogP contribution < -0.4 is 21.5 Å². The van der Waals surface area contributed by atoms with Gasteiger partial charge in [0.2, 0.25) is 5.79 Å². The minimum Gasteiger partial charge on any atom is -0.446 e. The molecule has 140 valence electrons. The smallest absolute Gasteiger partial charge is 0.422 e. The quantitative estimate of drug-likeness (QED) is 0.183. The van der Waals surface area contributed by atoms with E-state index in [4.69, 9.17) is 20.8 Å². The molecule has 0 aliphatic carbocycles. The molecule has 0 unspecified atom stereocenters. The summed E-state index contributed by atoms with van der Waals surface area (Å²) in [5.74, 6) is -2.39. The van der Waals surface area contributed by atoms with Crippen LogP contribution in [0.25, 0.3) is 0 Å². The third-order valence-electron chi connectivity index (χ3n) is 4.28. The van der Waals surface area contributed by atoms with Gasteiger partial charge in [-0.2, -0.15) is 13.1 Å². The van der Waals surface area contributed by atoms with Gasteiger partial charge >= 0.3 is 16.4 Å². The van der Waals surface area contributed by atoms with Gasteiger partial charge in [0, 0.05) is 13.0 Å². The Kier molecular flexibility index (Phi) is 3.71. The number of aliphatic imine (C=N–C) groups is 2. The minimum atomic E-state index is -4.78. The molecule has 0 radical (unpaired) electrons. The number of rotatable bonds is 3. The van der Waals surface area contributed by atoms with Gasteiger partial charge in [0.15, 0.2) is 17.6 Å². The molecule has 3 heterocycles. The zero-order valence-corrected chi connectivity index (χ0v) is 13.5. The van der Waals surface area contributed by atoms with Crippen LogP contribution in [0.5, 0.6) is 0 Å². The first-order valence-corrected chi connectivity index (χ1v) is 8.49. The maximum absolute atomic E-state index is 11.4. The van der Waals surface area contributed by atoms with Crippen molar-refractivity contribution in [2.45, 2.75) is 30.0 Å². The first-order chi connectivity index (χ1) is 11.5. The molecule has 0 aromatic heterocycles. The molecule has 3 aliphatic heterocycles. The molecule has 3 rings (SSSR count). The van der Waals surface area contributed by atoms with Crippen LogP contribution in [0, 0.1) is 0 Å². The number of carbonyl (C=O) groups excluding carboxylic acids is 1. The molecule has 14 nitrogen and oxygen atoms in total. The van der Waals surface area contributed by atoms with Gasteiger partial charge in [0.1, 0.15) is 18.7 Å². The van der Waals surface area contributed by atoms with E-state index in [1.807, 2.05) is 0 Å². The second kappa shape index (κ2) is 5.32.